The Labute approximate surface area is 201 Å². The lowest BCUT2D eigenvalue weighted by Crippen LogP contribution is -2.45. The van der Waals surface area contributed by atoms with Crippen LogP contribution in [0.1, 0.15) is 18.9 Å². The van der Waals surface area contributed by atoms with E-state index in [1.54, 1.807) is 7.11 Å². The number of nitrogens with zero attached hydrogens (tertiary/aromatic N) is 2. The summed E-state index contributed by atoms with van der Waals surface area (Å²) in [6.45, 7) is 5.24. The predicted octanol–water partition coefficient (Wildman–Crippen LogP) is 2.76. The van der Waals surface area contributed by atoms with E-state index in [-0.39, 0.29) is 36.4 Å². The third-order valence-corrected chi connectivity index (χ3v) is 5.02. The standard InChI is InChI=1S/C23H31N5O2.HI/c1-3-24-23(27-19-13-14-28(17-19)20-7-5-4-6-8-20)26-16-22(29)25-15-18-9-11-21(30-2)12-10-18;/h4-12,19H,3,13-17H2,1-2H3,(H,25,29)(H2,24,26,27);1H. The molecule has 31 heavy (non-hydrogen) atoms. The average Bonchev–Trinajstić information content (AvgIpc) is 3.25. The lowest BCUT2D eigenvalue weighted by atomic mass is 10.2. The fraction of sp³-hybridized carbons (Fsp3) is 0.391. The van der Waals surface area contributed by atoms with Gasteiger partial charge in [-0.1, -0.05) is 30.3 Å². The first kappa shape index (κ1) is 24.8. The van der Waals surface area contributed by atoms with Crippen molar-refractivity contribution in [1.82, 2.24) is 16.0 Å². The minimum atomic E-state index is -0.111. The topological polar surface area (TPSA) is 78.0 Å². The van der Waals surface area contributed by atoms with Gasteiger partial charge in [0.2, 0.25) is 5.91 Å². The van der Waals surface area contributed by atoms with Crippen LogP contribution in [0.3, 0.4) is 0 Å². The van der Waals surface area contributed by atoms with E-state index in [4.69, 9.17) is 4.74 Å². The minimum Gasteiger partial charge on any atom is -0.497 e. The molecule has 1 aliphatic rings. The number of halogens is 1. The van der Waals surface area contributed by atoms with Crippen molar-refractivity contribution in [2.75, 3.05) is 38.2 Å². The normalized spacial score (nSPS) is 15.7. The highest BCUT2D eigenvalue weighted by atomic mass is 127. The SMILES string of the molecule is CCNC(=NCC(=O)NCc1ccc(OC)cc1)NC1CCN(c2ccccc2)C1.I. The van der Waals surface area contributed by atoms with Crippen LogP contribution in [0, 0.1) is 0 Å². The molecule has 8 heteroatoms. The van der Waals surface area contributed by atoms with Crippen molar-refractivity contribution in [1.29, 1.82) is 0 Å². The molecule has 2 aromatic carbocycles. The van der Waals surface area contributed by atoms with Crippen LogP contribution in [-0.4, -0.2) is 51.2 Å². The summed E-state index contributed by atoms with van der Waals surface area (Å²) in [5.41, 5.74) is 2.26. The summed E-state index contributed by atoms with van der Waals surface area (Å²) < 4.78 is 5.15. The first-order valence-corrected chi connectivity index (χ1v) is 10.4. The van der Waals surface area contributed by atoms with E-state index in [1.165, 1.54) is 5.69 Å². The number of aliphatic imine (C=N–C) groups is 1. The molecule has 0 bridgehead atoms. The third-order valence-electron chi connectivity index (χ3n) is 5.02. The van der Waals surface area contributed by atoms with Crippen LogP contribution in [0.15, 0.2) is 59.6 Å². The van der Waals surface area contributed by atoms with Crippen molar-refractivity contribution >= 4 is 41.5 Å². The molecule has 1 fully saturated rings. The minimum absolute atomic E-state index is 0. The first-order valence-electron chi connectivity index (χ1n) is 10.4. The van der Waals surface area contributed by atoms with E-state index < -0.39 is 0 Å². The third kappa shape index (κ3) is 7.93. The molecule has 1 aliphatic heterocycles. The number of carbonyl (C=O) groups excluding carboxylic acids is 1. The van der Waals surface area contributed by atoms with Gasteiger partial charge in [0, 0.05) is 37.9 Å². The van der Waals surface area contributed by atoms with Crippen molar-refractivity contribution in [3.8, 4) is 5.75 Å². The van der Waals surface area contributed by atoms with E-state index in [9.17, 15) is 4.79 Å². The maximum atomic E-state index is 12.2. The van der Waals surface area contributed by atoms with Gasteiger partial charge in [-0.25, -0.2) is 4.99 Å². The van der Waals surface area contributed by atoms with Gasteiger partial charge in [-0.15, -0.1) is 24.0 Å². The van der Waals surface area contributed by atoms with E-state index >= 15 is 0 Å². The highest BCUT2D eigenvalue weighted by Gasteiger charge is 2.23. The summed E-state index contributed by atoms with van der Waals surface area (Å²) in [5, 5.41) is 9.60. The summed E-state index contributed by atoms with van der Waals surface area (Å²) >= 11 is 0. The Balaban J connectivity index is 0.00000341. The molecule has 3 rings (SSSR count). The van der Waals surface area contributed by atoms with Crippen molar-refractivity contribution in [3.05, 3.63) is 60.2 Å². The molecule has 0 aliphatic carbocycles. The second kappa shape index (κ2) is 13.0. The van der Waals surface area contributed by atoms with Crippen molar-refractivity contribution in [2.45, 2.75) is 25.9 Å². The Morgan fingerprint density at radius 3 is 2.55 bits per heavy atom. The van der Waals surface area contributed by atoms with Gasteiger partial charge in [0.15, 0.2) is 5.96 Å². The van der Waals surface area contributed by atoms with Gasteiger partial charge >= 0.3 is 0 Å². The molecule has 168 valence electrons. The number of anilines is 1. The second-order valence-electron chi connectivity index (χ2n) is 7.23. The molecule has 1 amide bonds. The molecule has 1 saturated heterocycles. The molecular formula is C23H32IN5O2. The largest absolute Gasteiger partial charge is 0.497 e. The van der Waals surface area contributed by atoms with E-state index in [0.717, 1.165) is 37.4 Å². The molecule has 0 radical (unpaired) electrons. The van der Waals surface area contributed by atoms with Gasteiger partial charge in [0.1, 0.15) is 12.3 Å². The summed E-state index contributed by atoms with van der Waals surface area (Å²) in [4.78, 5) is 19.0. The number of hydrogen-bond acceptors (Lipinski definition) is 4. The Hall–Kier alpha value is -2.49. The van der Waals surface area contributed by atoms with Crippen LogP contribution in [0.25, 0.3) is 0 Å². The summed E-state index contributed by atoms with van der Waals surface area (Å²) in [6.07, 6.45) is 1.03. The Morgan fingerprint density at radius 1 is 1.13 bits per heavy atom. The number of benzene rings is 2. The van der Waals surface area contributed by atoms with Crippen LogP contribution in [0.4, 0.5) is 5.69 Å². The average molecular weight is 537 g/mol. The zero-order valence-electron chi connectivity index (χ0n) is 18.1. The molecule has 0 spiro atoms. The van der Waals surface area contributed by atoms with Gasteiger partial charge in [0.25, 0.3) is 0 Å². The number of rotatable bonds is 8. The first-order chi connectivity index (χ1) is 14.7. The smallest absolute Gasteiger partial charge is 0.242 e. The second-order valence-corrected chi connectivity index (χ2v) is 7.23. The number of ether oxygens (including phenoxy) is 1. The molecule has 1 atom stereocenters. The molecule has 1 heterocycles. The van der Waals surface area contributed by atoms with E-state index in [0.29, 0.717) is 18.5 Å². The lowest BCUT2D eigenvalue weighted by Gasteiger charge is -2.20. The Kier molecular flexibility index (Phi) is 10.4. The molecule has 3 N–H and O–H groups in total. The molecular weight excluding hydrogens is 505 g/mol. The van der Waals surface area contributed by atoms with E-state index in [1.807, 2.05) is 37.3 Å². The van der Waals surface area contributed by atoms with Crippen LogP contribution in [0.5, 0.6) is 5.75 Å². The van der Waals surface area contributed by atoms with Gasteiger partial charge < -0.3 is 25.6 Å². The van der Waals surface area contributed by atoms with Crippen molar-refractivity contribution in [2.24, 2.45) is 4.99 Å². The maximum Gasteiger partial charge on any atom is 0.242 e. The summed E-state index contributed by atoms with van der Waals surface area (Å²) in [7, 11) is 1.63. The number of guanidine groups is 1. The number of carbonyl (C=O) groups is 1. The Morgan fingerprint density at radius 2 is 1.87 bits per heavy atom. The van der Waals surface area contributed by atoms with Crippen molar-refractivity contribution in [3.63, 3.8) is 0 Å². The number of hydrogen-bond donors (Lipinski definition) is 3. The number of nitrogens with one attached hydrogen (secondary N) is 3. The zero-order chi connectivity index (χ0) is 21.2. The summed E-state index contributed by atoms with van der Waals surface area (Å²) in [5.74, 6) is 1.37. The maximum absolute atomic E-state index is 12.2. The molecule has 7 nitrogen and oxygen atoms in total. The number of amides is 1. The van der Waals surface area contributed by atoms with Gasteiger partial charge in [0.05, 0.1) is 7.11 Å². The van der Waals surface area contributed by atoms with Gasteiger partial charge in [-0.2, -0.15) is 0 Å². The fourth-order valence-corrected chi connectivity index (χ4v) is 3.42. The fourth-order valence-electron chi connectivity index (χ4n) is 3.42. The van der Waals surface area contributed by atoms with Gasteiger partial charge in [-0.3, -0.25) is 4.79 Å². The highest BCUT2D eigenvalue weighted by molar-refractivity contribution is 14.0. The monoisotopic (exact) mass is 537 g/mol. The molecule has 0 aromatic heterocycles. The molecule has 2 aromatic rings. The zero-order valence-corrected chi connectivity index (χ0v) is 20.5. The number of methoxy groups -OCH3 is 1. The molecule has 0 saturated carbocycles. The predicted molar refractivity (Wildman–Crippen MR) is 136 cm³/mol. The number of para-hydroxylation sites is 1. The summed E-state index contributed by atoms with van der Waals surface area (Å²) in [6, 6.07) is 18.4. The van der Waals surface area contributed by atoms with Crippen LogP contribution >= 0.6 is 24.0 Å². The van der Waals surface area contributed by atoms with Gasteiger partial charge in [-0.05, 0) is 43.2 Å². The van der Waals surface area contributed by atoms with Crippen LogP contribution in [0.2, 0.25) is 0 Å². The quantitative estimate of drug-likeness (QED) is 0.274. The lowest BCUT2D eigenvalue weighted by molar-refractivity contribution is -0.119. The van der Waals surface area contributed by atoms with Crippen molar-refractivity contribution < 1.29 is 9.53 Å². The van der Waals surface area contributed by atoms with E-state index in [2.05, 4.69) is 50.1 Å². The highest BCUT2D eigenvalue weighted by Crippen LogP contribution is 2.19. The van der Waals surface area contributed by atoms with Crippen LogP contribution < -0.4 is 25.6 Å². The van der Waals surface area contributed by atoms with Crippen LogP contribution in [-0.2, 0) is 11.3 Å². The Bertz CT molecular complexity index is 830. The molecule has 1 unspecified atom stereocenters.